The number of benzene rings is 3. The number of oxime groups is 1. The summed E-state index contributed by atoms with van der Waals surface area (Å²) in [4.78, 5) is 17.7. The van der Waals surface area contributed by atoms with Gasteiger partial charge in [-0.2, -0.15) is 0 Å². The minimum atomic E-state index is -0.297. The molecule has 0 spiro atoms. The molecule has 0 atom stereocenters. The Labute approximate surface area is 169 Å². The Hall–Kier alpha value is -3.80. The summed E-state index contributed by atoms with van der Waals surface area (Å²) < 4.78 is 5.56. The fraction of sp³-hybridized carbons (Fsp3) is 0.130. The summed E-state index contributed by atoms with van der Waals surface area (Å²) >= 11 is 0. The number of hydrogen-bond acceptors (Lipinski definition) is 5. The normalized spacial score (nSPS) is 11.0. The zero-order valence-electron chi connectivity index (χ0n) is 16.4. The highest BCUT2D eigenvalue weighted by atomic mass is 16.6. The van der Waals surface area contributed by atoms with Crippen molar-refractivity contribution >= 4 is 23.0 Å². The number of hydrogen-bond donors (Lipinski definition) is 2. The van der Waals surface area contributed by atoms with E-state index in [1.54, 1.807) is 18.2 Å². The second-order valence-corrected chi connectivity index (χ2v) is 6.53. The monoisotopic (exact) mass is 389 g/mol. The van der Waals surface area contributed by atoms with E-state index in [1.807, 2.05) is 68.4 Å². The van der Waals surface area contributed by atoms with Crippen molar-refractivity contribution in [1.82, 2.24) is 0 Å². The minimum Gasteiger partial charge on any atom is -0.483 e. The molecule has 29 heavy (non-hydrogen) atoms. The van der Waals surface area contributed by atoms with Gasteiger partial charge in [0.2, 0.25) is 0 Å². The maximum Gasteiger partial charge on any atom is 0.262 e. The molecular weight excluding hydrogens is 366 g/mol. The average Bonchev–Trinajstić information content (AvgIpc) is 2.71. The van der Waals surface area contributed by atoms with Crippen molar-refractivity contribution in [3.63, 3.8) is 0 Å². The van der Waals surface area contributed by atoms with Crippen LogP contribution in [-0.4, -0.2) is 18.2 Å². The third-order valence-corrected chi connectivity index (χ3v) is 4.14. The number of rotatable bonds is 7. The van der Waals surface area contributed by atoms with Crippen molar-refractivity contribution in [1.29, 1.82) is 0 Å². The van der Waals surface area contributed by atoms with Gasteiger partial charge in [0.05, 0.1) is 5.71 Å². The van der Waals surface area contributed by atoms with Gasteiger partial charge in [-0.15, -0.1) is 0 Å². The van der Waals surface area contributed by atoms with E-state index < -0.39 is 0 Å². The van der Waals surface area contributed by atoms with Gasteiger partial charge in [-0.25, -0.2) is 0 Å². The second-order valence-electron chi connectivity index (χ2n) is 6.53. The maximum atomic E-state index is 12.2. The molecule has 0 saturated carbocycles. The number of nitrogen functional groups attached to an aromatic ring is 1. The van der Waals surface area contributed by atoms with E-state index in [9.17, 15) is 4.79 Å². The third kappa shape index (κ3) is 5.84. The molecule has 6 nitrogen and oxygen atoms in total. The number of amides is 1. The predicted octanol–water partition coefficient (Wildman–Crippen LogP) is 4.40. The number of para-hydroxylation sites is 1. The zero-order chi connectivity index (χ0) is 20.6. The summed E-state index contributed by atoms with van der Waals surface area (Å²) in [5.74, 6) is 0.800. The highest BCUT2D eigenvalue weighted by Gasteiger charge is 2.08. The number of nitrogens with two attached hydrogens (primary N) is 1. The van der Waals surface area contributed by atoms with Crippen LogP contribution in [0.3, 0.4) is 0 Å². The summed E-state index contributed by atoms with van der Waals surface area (Å²) in [7, 11) is 0. The Morgan fingerprint density at radius 3 is 2.52 bits per heavy atom. The van der Waals surface area contributed by atoms with E-state index in [0.717, 1.165) is 16.8 Å². The average molecular weight is 389 g/mol. The van der Waals surface area contributed by atoms with Crippen LogP contribution >= 0.6 is 0 Å². The molecule has 3 aromatic rings. The Bertz CT molecular complexity index is 1020. The van der Waals surface area contributed by atoms with Crippen LogP contribution in [0.4, 0.5) is 11.4 Å². The molecule has 0 bridgehead atoms. The predicted molar refractivity (Wildman–Crippen MR) is 115 cm³/mol. The van der Waals surface area contributed by atoms with E-state index in [0.29, 0.717) is 22.9 Å². The highest BCUT2D eigenvalue weighted by molar-refractivity contribution is 5.98. The molecule has 3 rings (SSSR count). The van der Waals surface area contributed by atoms with Gasteiger partial charge in [0.25, 0.3) is 5.91 Å². The van der Waals surface area contributed by atoms with Gasteiger partial charge in [0.15, 0.2) is 12.4 Å². The van der Waals surface area contributed by atoms with Crippen molar-refractivity contribution in [2.24, 2.45) is 5.16 Å². The van der Waals surface area contributed by atoms with Crippen molar-refractivity contribution in [2.45, 2.75) is 13.8 Å². The number of nitrogens with one attached hydrogen (secondary N) is 1. The molecule has 6 heteroatoms. The molecule has 0 aliphatic carbocycles. The van der Waals surface area contributed by atoms with Crippen molar-refractivity contribution < 1.29 is 14.4 Å². The summed E-state index contributed by atoms with van der Waals surface area (Å²) in [6.07, 6.45) is 0. The van der Waals surface area contributed by atoms with E-state index in [2.05, 4.69) is 10.5 Å². The number of carbonyl (C=O) groups is 1. The molecule has 148 valence electrons. The van der Waals surface area contributed by atoms with Crippen molar-refractivity contribution in [3.8, 4) is 11.5 Å². The van der Waals surface area contributed by atoms with Crippen LogP contribution < -0.4 is 20.6 Å². The van der Waals surface area contributed by atoms with Crippen molar-refractivity contribution in [3.05, 3.63) is 83.9 Å². The van der Waals surface area contributed by atoms with Gasteiger partial charge in [0, 0.05) is 23.5 Å². The quantitative estimate of drug-likeness (QED) is 0.356. The Morgan fingerprint density at radius 1 is 1.03 bits per heavy atom. The lowest BCUT2D eigenvalue weighted by molar-refractivity contribution is -0.118. The molecule has 0 fully saturated rings. The SMILES string of the molecule is C/C(=N\Oc1cc(N)cc(NC(=O)COc2ccccc2C)c1)c1ccccc1. The lowest BCUT2D eigenvalue weighted by Crippen LogP contribution is -2.20. The summed E-state index contributed by atoms with van der Waals surface area (Å²) in [6, 6.07) is 22.2. The first-order valence-corrected chi connectivity index (χ1v) is 9.17. The number of carbonyl (C=O) groups excluding carboxylic acids is 1. The lowest BCUT2D eigenvalue weighted by Gasteiger charge is -2.11. The molecule has 0 aliphatic heterocycles. The van der Waals surface area contributed by atoms with Gasteiger partial charge >= 0.3 is 0 Å². The molecule has 0 heterocycles. The second kappa shape index (κ2) is 9.41. The van der Waals surface area contributed by atoms with Crippen LogP contribution in [0, 0.1) is 6.92 Å². The van der Waals surface area contributed by atoms with Crippen LogP contribution in [-0.2, 0) is 4.79 Å². The van der Waals surface area contributed by atoms with E-state index >= 15 is 0 Å². The third-order valence-electron chi connectivity index (χ3n) is 4.14. The smallest absolute Gasteiger partial charge is 0.262 e. The van der Waals surface area contributed by atoms with Crippen LogP contribution in [0.5, 0.6) is 11.5 Å². The van der Waals surface area contributed by atoms with Gasteiger partial charge in [0.1, 0.15) is 5.75 Å². The van der Waals surface area contributed by atoms with E-state index in [-0.39, 0.29) is 12.5 Å². The molecule has 1 amide bonds. The van der Waals surface area contributed by atoms with Crippen molar-refractivity contribution in [2.75, 3.05) is 17.7 Å². The zero-order valence-corrected chi connectivity index (χ0v) is 16.4. The molecule has 3 N–H and O–H groups in total. The number of nitrogens with zero attached hydrogens (tertiary/aromatic N) is 1. The fourth-order valence-electron chi connectivity index (χ4n) is 2.66. The lowest BCUT2D eigenvalue weighted by atomic mass is 10.1. The fourth-order valence-corrected chi connectivity index (χ4v) is 2.66. The largest absolute Gasteiger partial charge is 0.483 e. The van der Waals surface area contributed by atoms with Crippen LogP contribution in [0.15, 0.2) is 78.0 Å². The number of ether oxygens (including phenoxy) is 1. The Morgan fingerprint density at radius 2 is 1.76 bits per heavy atom. The minimum absolute atomic E-state index is 0.110. The molecule has 0 aromatic heterocycles. The van der Waals surface area contributed by atoms with Crippen LogP contribution in [0.2, 0.25) is 0 Å². The Kier molecular flexibility index (Phi) is 6.47. The van der Waals surface area contributed by atoms with Gasteiger partial charge < -0.3 is 20.6 Å². The number of aryl methyl sites for hydroxylation is 1. The summed E-state index contributed by atoms with van der Waals surface area (Å²) in [5.41, 5.74) is 9.53. The highest BCUT2D eigenvalue weighted by Crippen LogP contribution is 2.23. The van der Waals surface area contributed by atoms with Gasteiger partial charge in [-0.3, -0.25) is 4.79 Å². The molecule has 0 unspecified atom stereocenters. The first-order chi connectivity index (χ1) is 14.0. The molecule has 3 aromatic carbocycles. The summed E-state index contributed by atoms with van der Waals surface area (Å²) in [6.45, 7) is 3.67. The maximum absolute atomic E-state index is 12.2. The van der Waals surface area contributed by atoms with E-state index in [1.165, 1.54) is 0 Å². The first-order valence-electron chi connectivity index (χ1n) is 9.17. The van der Waals surface area contributed by atoms with Crippen LogP contribution in [0.1, 0.15) is 18.1 Å². The standard InChI is InChI=1S/C23H23N3O3/c1-16-8-6-7-11-22(16)28-15-23(27)25-20-12-19(24)13-21(14-20)29-26-17(2)18-9-4-3-5-10-18/h3-14H,15,24H2,1-2H3,(H,25,27)/b26-17+. The molecular formula is C23H23N3O3. The number of anilines is 2. The molecule has 0 saturated heterocycles. The van der Waals surface area contributed by atoms with E-state index in [4.69, 9.17) is 15.3 Å². The van der Waals surface area contributed by atoms with Gasteiger partial charge in [-0.1, -0.05) is 53.7 Å². The molecule has 0 radical (unpaired) electrons. The topological polar surface area (TPSA) is 85.9 Å². The van der Waals surface area contributed by atoms with Crippen LogP contribution in [0.25, 0.3) is 0 Å². The first kappa shape index (κ1) is 19.9. The van der Waals surface area contributed by atoms with Gasteiger partial charge in [-0.05, 0) is 37.1 Å². The Balaban J connectivity index is 1.62. The summed E-state index contributed by atoms with van der Waals surface area (Å²) in [5, 5.41) is 6.90. The molecule has 0 aliphatic rings.